The molecule has 0 rings (SSSR count). The summed E-state index contributed by atoms with van der Waals surface area (Å²) < 4.78 is 1.29. The molecule has 0 aromatic rings. The number of quaternary nitrogens is 1. The van der Waals surface area contributed by atoms with Gasteiger partial charge in [-0.1, -0.05) is 41.5 Å². The smallest absolute Gasteiger partial charge is 0.0789 e. The van der Waals surface area contributed by atoms with Gasteiger partial charge in [-0.2, -0.15) is 0 Å². The highest BCUT2D eigenvalue weighted by Gasteiger charge is 2.27. The zero-order valence-corrected chi connectivity index (χ0v) is 15.7. The number of rotatable bonds is 13. The van der Waals surface area contributed by atoms with Crippen molar-refractivity contribution >= 4 is 0 Å². The van der Waals surface area contributed by atoms with Crippen molar-refractivity contribution in [1.29, 1.82) is 0 Å². The number of aliphatic hydroxyl groups is 1. The molecule has 1 N–H and O–H groups in total. The first-order chi connectivity index (χ1) is 9.81. The number of hydrogen-bond acceptors (Lipinski definition) is 1. The first-order valence-electron chi connectivity index (χ1n) is 9.27. The minimum absolute atomic E-state index is 0.346. The summed E-state index contributed by atoms with van der Waals surface area (Å²) in [5, 5.41) is 9.11. The molecule has 0 radical (unpaired) electrons. The molecule has 0 saturated carbocycles. The fourth-order valence-corrected chi connectivity index (χ4v) is 2.83. The van der Waals surface area contributed by atoms with Gasteiger partial charge in [0.15, 0.2) is 0 Å². The van der Waals surface area contributed by atoms with E-state index in [0.717, 1.165) is 24.2 Å². The maximum absolute atomic E-state index is 9.11. The first-order valence-corrected chi connectivity index (χ1v) is 9.27. The van der Waals surface area contributed by atoms with Crippen molar-refractivity contribution in [3.8, 4) is 0 Å². The van der Waals surface area contributed by atoms with Crippen LogP contribution in [0.2, 0.25) is 0 Å². The topological polar surface area (TPSA) is 20.2 Å². The molecule has 21 heavy (non-hydrogen) atoms. The summed E-state index contributed by atoms with van der Waals surface area (Å²) in [6.45, 7) is 19.6. The van der Waals surface area contributed by atoms with E-state index in [0.29, 0.717) is 6.61 Å². The monoisotopic (exact) mass is 300 g/mol. The Morgan fingerprint density at radius 1 is 0.619 bits per heavy atom. The van der Waals surface area contributed by atoms with E-state index in [1.54, 1.807) is 0 Å². The summed E-state index contributed by atoms with van der Waals surface area (Å²) in [4.78, 5) is 0. The normalized spacial score (nSPS) is 12.9. The summed E-state index contributed by atoms with van der Waals surface area (Å²) in [7, 11) is 0. The molecule has 0 heterocycles. The van der Waals surface area contributed by atoms with Crippen LogP contribution in [-0.2, 0) is 0 Å². The number of aliphatic hydroxyl groups excluding tert-OH is 1. The van der Waals surface area contributed by atoms with Gasteiger partial charge in [-0.25, -0.2) is 0 Å². The summed E-state index contributed by atoms with van der Waals surface area (Å²) in [6.07, 6.45) is 6.12. The average molecular weight is 301 g/mol. The maximum Gasteiger partial charge on any atom is 0.0789 e. The lowest BCUT2D eigenvalue weighted by molar-refractivity contribution is -0.930. The molecular formula is C19H42NO+. The standard InChI is InChI=1S/C19H42NO/c1-17(2)9-13-20(12-7-8-16-21,14-10-18(3)4)15-11-19(5)6/h17-19,21H,7-16H2,1-6H3/q+1. The van der Waals surface area contributed by atoms with Gasteiger partial charge in [0, 0.05) is 6.61 Å². The molecule has 0 atom stereocenters. The van der Waals surface area contributed by atoms with Crippen molar-refractivity contribution < 1.29 is 9.59 Å². The average Bonchev–Trinajstić information content (AvgIpc) is 2.40. The molecule has 0 fully saturated rings. The highest BCUT2D eigenvalue weighted by atomic mass is 16.2. The molecule has 0 bridgehead atoms. The second-order valence-corrected chi connectivity index (χ2v) is 8.21. The fourth-order valence-electron chi connectivity index (χ4n) is 2.83. The zero-order chi connectivity index (χ0) is 16.3. The van der Waals surface area contributed by atoms with Crippen LogP contribution in [0, 0.1) is 17.8 Å². The van der Waals surface area contributed by atoms with Gasteiger partial charge in [0.25, 0.3) is 0 Å². The van der Waals surface area contributed by atoms with E-state index in [1.807, 2.05) is 0 Å². The third-order valence-corrected chi connectivity index (χ3v) is 4.58. The number of hydrogen-bond donors (Lipinski definition) is 1. The number of nitrogens with zero attached hydrogens (tertiary/aromatic N) is 1. The van der Waals surface area contributed by atoms with Crippen molar-refractivity contribution in [3.63, 3.8) is 0 Å². The molecule has 0 aliphatic rings. The second kappa shape index (κ2) is 11.5. The highest BCUT2D eigenvalue weighted by molar-refractivity contribution is 4.55. The van der Waals surface area contributed by atoms with Crippen LogP contribution in [0.4, 0.5) is 0 Å². The third-order valence-electron chi connectivity index (χ3n) is 4.58. The molecular weight excluding hydrogens is 258 g/mol. The van der Waals surface area contributed by atoms with Gasteiger partial charge in [-0.05, 0) is 49.9 Å². The van der Waals surface area contributed by atoms with Crippen LogP contribution >= 0.6 is 0 Å². The predicted molar refractivity (Wildman–Crippen MR) is 94.4 cm³/mol. The van der Waals surface area contributed by atoms with Gasteiger partial charge >= 0.3 is 0 Å². The van der Waals surface area contributed by atoms with Gasteiger partial charge in [-0.3, -0.25) is 0 Å². The van der Waals surface area contributed by atoms with Crippen LogP contribution in [0.25, 0.3) is 0 Å². The van der Waals surface area contributed by atoms with E-state index < -0.39 is 0 Å². The van der Waals surface area contributed by atoms with Gasteiger partial charge in [0.05, 0.1) is 26.2 Å². The molecule has 0 aliphatic heterocycles. The number of unbranched alkanes of at least 4 members (excludes halogenated alkanes) is 1. The Morgan fingerprint density at radius 3 is 1.29 bits per heavy atom. The quantitative estimate of drug-likeness (QED) is 0.386. The largest absolute Gasteiger partial charge is 0.396 e. The Balaban J connectivity index is 4.77. The fraction of sp³-hybridized carbons (Fsp3) is 1.00. The van der Waals surface area contributed by atoms with Crippen molar-refractivity contribution in [3.05, 3.63) is 0 Å². The van der Waals surface area contributed by atoms with Crippen molar-refractivity contribution in [1.82, 2.24) is 0 Å². The predicted octanol–water partition coefficient (Wildman–Crippen LogP) is 4.71. The summed E-state index contributed by atoms with van der Waals surface area (Å²) in [5.41, 5.74) is 0. The molecule has 0 aliphatic carbocycles. The molecule has 0 spiro atoms. The summed E-state index contributed by atoms with van der Waals surface area (Å²) in [6, 6.07) is 0. The van der Waals surface area contributed by atoms with Crippen LogP contribution in [0.5, 0.6) is 0 Å². The lowest BCUT2D eigenvalue weighted by atomic mass is 10.0. The van der Waals surface area contributed by atoms with E-state index >= 15 is 0 Å². The minimum atomic E-state index is 0.346. The van der Waals surface area contributed by atoms with E-state index in [4.69, 9.17) is 5.11 Å². The Morgan fingerprint density at radius 2 is 1.00 bits per heavy atom. The Labute approximate surface area is 134 Å². The van der Waals surface area contributed by atoms with Gasteiger partial charge in [-0.15, -0.1) is 0 Å². The molecule has 0 saturated heterocycles. The SMILES string of the molecule is CC(C)CC[N+](CCCCO)(CCC(C)C)CCC(C)C. The molecule has 0 aromatic heterocycles. The van der Waals surface area contributed by atoms with Crippen LogP contribution in [-0.4, -0.2) is 42.4 Å². The first kappa shape index (κ1) is 20.9. The van der Waals surface area contributed by atoms with Crippen LogP contribution in [0.3, 0.4) is 0 Å². The summed E-state index contributed by atoms with van der Waals surface area (Å²) in [5.74, 6) is 2.37. The molecule has 2 nitrogen and oxygen atoms in total. The van der Waals surface area contributed by atoms with Crippen LogP contribution in [0.15, 0.2) is 0 Å². The highest BCUT2D eigenvalue weighted by Crippen LogP contribution is 2.20. The van der Waals surface area contributed by atoms with Gasteiger partial charge in [0.1, 0.15) is 0 Å². The minimum Gasteiger partial charge on any atom is -0.396 e. The zero-order valence-electron chi connectivity index (χ0n) is 15.7. The molecule has 0 aromatic carbocycles. The molecule has 2 heteroatoms. The van der Waals surface area contributed by atoms with Crippen LogP contribution in [0.1, 0.15) is 73.6 Å². The molecule has 0 amide bonds. The van der Waals surface area contributed by atoms with E-state index in [-0.39, 0.29) is 0 Å². The Kier molecular flexibility index (Phi) is 11.4. The van der Waals surface area contributed by atoms with Crippen molar-refractivity contribution in [2.24, 2.45) is 17.8 Å². The Hall–Kier alpha value is -0.0800. The molecule has 128 valence electrons. The molecule has 0 unspecified atom stereocenters. The van der Waals surface area contributed by atoms with Crippen LogP contribution < -0.4 is 0 Å². The second-order valence-electron chi connectivity index (χ2n) is 8.21. The Bertz CT molecular complexity index is 204. The summed E-state index contributed by atoms with van der Waals surface area (Å²) >= 11 is 0. The lowest BCUT2D eigenvalue weighted by Gasteiger charge is -2.40. The van der Waals surface area contributed by atoms with E-state index in [2.05, 4.69) is 41.5 Å². The van der Waals surface area contributed by atoms with Crippen molar-refractivity contribution in [2.75, 3.05) is 32.8 Å². The maximum atomic E-state index is 9.11. The van der Waals surface area contributed by atoms with Gasteiger partial charge < -0.3 is 9.59 Å². The third kappa shape index (κ3) is 11.2. The lowest BCUT2D eigenvalue weighted by Crippen LogP contribution is -2.51. The van der Waals surface area contributed by atoms with E-state index in [1.165, 1.54) is 56.3 Å². The van der Waals surface area contributed by atoms with Crippen molar-refractivity contribution in [2.45, 2.75) is 73.6 Å². The van der Waals surface area contributed by atoms with Gasteiger partial charge in [0.2, 0.25) is 0 Å². The van der Waals surface area contributed by atoms with E-state index in [9.17, 15) is 0 Å².